The molecule has 0 spiro atoms. The highest BCUT2D eigenvalue weighted by Crippen LogP contribution is 2.21. The SMILES string of the molecule is CC(O)CNC(=O)CNC(=O)c1ccc(Br)s1. The molecular weight excluding hydrogens is 308 g/mol. The molecule has 0 saturated heterocycles. The predicted octanol–water partition coefficient (Wildman–Crippen LogP) is 0.737. The first kappa shape index (κ1) is 14.1. The molecule has 0 aliphatic carbocycles. The summed E-state index contributed by atoms with van der Waals surface area (Å²) in [4.78, 5) is 23.3. The Morgan fingerprint density at radius 3 is 2.71 bits per heavy atom. The lowest BCUT2D eigenvalue weighted by Crippen LogP contribution is -2.39. The number of hydrogen-bond acceptors (Lipinski definition) is 4. The van der Waals surface area contributed by atoms with Crippen molar-refractivity contribution < 1.29 is 14.7 Å². The Morgan fingerprint density at radius 1 is 1.47 bits per heavy atom. The van der Waals surface area contributed by atoms with E-state index in [-0.39, 0.29) is 24.9 Å². The number of thiophene rings is 1. The minimum atomic E-state index is -0.595. The van der Waals surface area contributed by atoms with E-state index in [9.17, 15) is 9.59 Å². The molecule has 0 saturated carbocycles. The Labute approximate surface area is 111 Å². The van der Waals surface area contributed by atoms with Crippen molar-refractivity contribution in [3.05, 3.63) is 20.8 Å². The van der Waals surface area contributed by atoms with E-state index in [1.54, 1.807) is 19.1 Å². The second kappa shape index (κ2) is 6.73. The summed E-state index contributed by atoms with van der Waals surface area (Å²) in [6, 6.07) is 3.45. The van der Waals surface area contributed by atoms with Gasteiger partial charge >= 0.3 is 0 Å². The molecule has 1 aromatic heterocycles. The van der Waals surface area contributed by atoms with Crippen LogP contribution in [0.2, 0.25) is 0 Å². The molecule has 0 aromatic carbocycles. The molecular formula is C10H13BrN2O3S. The van der Waals surface area contributed by atoms with Gasteiger partial charge in [0.1, 0.15) is 0 Å². The minimum Gasteiger partial charge on any atom is -0.392 e. The fraction of sp³-hybridized carbons (Fsp3) is 0.400. The molecule has 1 heterocycles. The zero-order valence-electron chi connectivity index (χ0n) is 9.20. The summed E-state index contributed by atoms with van der Waals surface area (Å²) in [5, 5.41) is 13.9. The van der Waals surface area contributed by atoms with Gasteiger partial charge in [-0.05, 0) is 35.0 Å². The van der Waals surface area contributed by atoms with Crippen LogP contribution in [0, 0.1) is 0 Å². The van der Waals surface area contributed by atoms with Crippen molar-refractivity contribution in [1.29, 1.82) is 0 Å². The van der Waals surface area contributed by atoms with E-state index in [0.29, 0.717) is 4.88 Å². The molecule has 0 fully saturated rings. The highest BCUT2D eigenvalue weighted by molar-refractivity contribution is 9.11. The predicted molar refractivity (Wildman–Crippen MR) is 69.0 cm³/mol. The number of amides is 2. The molecule has 1 aromatic rings. The summed E-state index contributed by atoms with van der Waals surface area (Å²) >= 11 is 4.55. The van der Waals surface area contributed by atoms with Crippen LogP contribution in [0.25, 0.3) is 0 Å². The van der Waals surface area contributed by atoms with Crippen LogP contribution in [0.15, 0.2) is 15.9 Å². The Balaban J connectivity index is 2.31. The molecule has 0 aliphatic rings. The van der Waals surface area contributed by atoms with Crippen LogP contribution in [0.1, 0.15) is 16.6 Å². The normalized spacial score (nSPS) is 11.9. The Kier molecular flexibility index (Phi) is 5.60. The standard InChI is InChI=1S/C10H13BrN2O3S/c1-6(14)4-12-9(15)5-13-10(16)7-2-3-8(11)17-7/h2-3,6,14H,4-5H2,1H3,(H,12,15)(H,13,16). The number of carbonyl (C=O) groups is 2. The summed E-state index contributed by atoms with van der Waals surface area (Å²) in [5.41, 5.74) is 0. The minimum absolute atomic E-state index is 0.0962. The first-order chi connectivity index (χ1) is 7.99. The largest absolute Gasteiger partial charge is 0.392 e. The molecule has 0 bridgehead atoms. The molecule has 94 valence electrons. The van der Waals surface area contributed by atoms with E-state index in [1.165, 1.54) is 11.3 Å². The third-order valence-electron chi connectivity index (χ3n) is 1.80. The van der Waals surface area contributed by atoms with Crippen LogP contribution in [0.3, 0.4) is 0 Å². The van der Waals surface area contributed by atoms with E-state index in [1.807, 2.05) is 0 Å². The van der Waals surface area contributed by atoms with Gasteiger partial charge in [0.15, 0.2) is 0 Å². The van der Waals surface area contributed by atoms with Crippen LogP contribution in [0.4, 0.5) is 0 Å². The third-order valence-corrected chi connectivity index (χ3v) is 3.42. The molecule has 1 rings (SSSR count). The first-order valence-corrected chi connectivity index (χ1v) is 6.58. The summed E-state index contributed by atoms with van der Waals surface area (Å²) in [6.45, 7) is 1.66. The fourth-order valence-corrected chi connectivity index (χ4v) is 2.31. The monoisotopic (exact) mass is 320 g/mol. The van der Waals surface area contributed by atoms with Gasteiger partial charge in [0.2, 0.25) is 5.91 Å². The summed E-state index contributed by atoms with van der Waals surface area (Å²) < 4.78 is 0.862. The molecule has 7 heteroatoms. The number of rotatable bonds is 5. The van der Waals surface area contributed by atoms with Gasteiger partial charge in [0, 0.05) is 6.54 Å². The zero-order chi connectivity index (χ0) is 12.8. The number of carbonyl (C=O) groups excluding carboxylic acids is 2. The zero-order valence-corrected chi connectivity index (χ0v) is 11.6. The van der Waals surface area contributed by atoms with Crippen LogP contribution in [-0.2, 0) is 4.79 Å². The molecule has 1 unspecified atom stereocenters. The van der Waals surface area contributed by atoms with Crippen molar-refractivity contribution >= 4 is 39.1 Å². The maximum atomic E-state index is 11.5. The van der Waals surface area contributed by atoms with E-state index >= 15 is 0 Å². The third kappa shape index (κ3) is 5.29. The molecule has 2 amide bonds. The van der Waals surface area contributed by atoms with E-state index in [4.69, 9.17) is 5.11 Å². The molecule has 0 radical (unpaired) electrons. The van der Waals surface area contributed by atoms with E-state index in [0.717, 1.165) is 3.79 Å². The van der Waals surface area contributed by atoms with Crippen molar-refractivity contribution in [3.63, 3.8) is 0 Å². The number of nitrogens with one attached hydrogen (secondary N) is 2. The quantitative estimate of drug-likeness (QED) is 0.748. The molecule has 1 atom stereocenters. The smallest absolute Gasteiger partial charge is 0.261 e. The number of halogens is 1. The molecule has 5 nitrogen and oxygen atoms in total. The summed E-state index contributed by atoms with van der Waals surface area (Å²) in [5.74, 6) is -0.609. The maximum absolute atomic E-state index is 11.5. The van der Waals surface area contributed by atoms with Crippen LogP contribution < -0.4 is 10.6 Å². The van der Waals surface area contributed by atoms with Crippen LogP contribution in [0.5, 0.6) is 0 Å². The lowest BCUT2D eigenvalue weighted by atomic mass is 10.4. The van der Waals surface area contributed by atoms with Gasteiger partial charge in [-0.15, -0.1) is 11.3 Å². The van der Waals surface area contributed by atoms with E-state index in [2.05, 4.69) is 26.6 Å². The molecule has 17 heavy (non-hydrogen) atoms. The van der Waals surface area contributed by atoms with Crippen molar-refractivity contribution in [2.75, 3.05) is 13.1 Å². The molecule has 3 N–H and O–H groups in total. The highest BCUT2D eigenvalue weighted by Gasteiger charge is 2.10. The number of aliphatic hydroxyl groups excluding tert-OH is 1. The van der Waals surface area contributed by atoms with Gasteiger partial charge < -0.3 is 15.7 Å². The van der Waals surface area contributed by atoms with Gasteiger partial charge in [-0.2, -0.15) is 0 Å². The Hall–Kier alpha value is -0.920. The second-order valence-electron chi connectivity index (χ2n) is 3.44. The van der Waals surface area contributed by atoms with Crippen molar-refractivity contribution in [3.8, 4) is 0 Å². The maximum Gasteiger partial charge on any atom is 0.261 e. The topological polar surface area (TPSA) is 78.4 Å². The van der Waals surface area contributed by atoms with Crippen LogP contribution >= 0.6 is 27.3 Å². The van der Waals surface area contributed by atoms with E-state index < -0.39 is 6.10 Å². The number of hydrogen-bond donors (Lipinski definition) is 3. The Morgan fingerprint density at radius 2 is 2.18 bits per heavy atom. The van der Waals surface area contributed by atoms with Crippen LogP contribution in [-0.4, -0.2) is 36.1 Å². The van der Waals surface area contributed by atoms with Crippen molar-refractivity contribution in [2.45, 2.75) is 13.0 Å². The fourth-order valence-electron chi connectivity index (χ4n) is 1.01. The Bertz CT molecular complexity index is 406. The average molecular weight is 321 g/mol. The summed E-state index contributed by atoms with van der Waals surface area (Å²) in [7, 11) is 0. The summed E-state index contributed by atoms with van der Waals surface area (Å²) in [6.07, 6.45) is -0.595. The van der Waals surface area contributed by atoms with Gasteiger partial charge in [-0.25, -0.2) is 0 Å². The first-order valence-electron chi connectivity index (χ1n) is 4.97. The second-order valence-corrected chi connectivity index (χ2v) is 5.90. The average Bonchev–Trinajstić information content (AvgIpc) is 2.70. The van der Waals surface area contributed by atoms with Gasteiger partial charge in [-0.1, -0.05) is 0 Å². The van der Waals surface area contributed by atoms with Crippen molar-refractivity contribution in [1.82, 2.24) is 10.6 Å². The molecule has 0 aliphatic heterocycles. The van der Waals surface area contributed by atoms with Crippen molar-refractivity contribution in [2.24, 2.45) is 0 Å². The van der Waals surface area contributed by atoms with Gasteiger partial charge in [-0.3, -0.25) is 9.59 Å². The highest BCUT2D eigenvalue weighted by atomic mass is 79.9. The lowest BCUT2D eigenvalue weighted by molar-refractivity contribution is -0.120. The van der Waals surface area contributed by atoms with Gasteiger partial charge in [0.05, 0.1) is 21.3 Å². The van der Waals surface area contributed by atoms with Gasteiger partial charge in [0.25, 0.3) is 5.91 Å². The lowest BCUT2D eigenvalue weighted by Gasteiger charge is -2.07. The number of aliphatic hydroxyl groups is 1.